The monoisotopic (exact) mass is 764 g/mol. The Hall–Kier alpha value is -4.47. The van der Waals surface area contributed by atoms with Crippen molar-refractivity contribution >= 4 is 5.97 Å². The first-order valence-electron chi connectivity index (χ1n) is 19.2. The Bertz CT molecular complexity index is 1760. The van der Waals surface area contributed by atoms with Crippen LogP contribution in [0.4, 0.5) is 0 Å². The summed E-state index contributed by atoms with van der Waals surface area (Å²) in [7, 11) is 1.46. The zero-order chi connectivity index (χ0) is 39.3. The molecule has 0 aromatic heterocycles. The SMILES string of the molecule is COc1cc([C@@H]2C[C@@H](O)C[C@H](CCc3ccc(O)c(OCNC[C@H](C)O)c3)O2)cc(OC[C@H]2N[C@H](C)CC[C@]23[C@@H](C(=O)O)C=C[C@@H]3C2=CCNC(N)=C2)c1O. The number of carboxylic acids is 1. The molecule has 3 aliphatic heterocycles. The number of allylic oxidation sites excluding steroid dienone is 3. The van der Waals surface area contributed by atoms with Crippen molar-refractivity contribution in [2.75, 3.05) is 33.5 Å². The highest BCUT2D eigenvalue weighted by atomic mass is 16.5. The van der Waals surface area contributed by atoms with Crippen LogP contribution < -0.4 is 35.9 Å². The molecule has 6 rings (SSSR count). The van der Waals surface area contributed by atoms with E-state index in [9.17, 15) is 30.3 Å². The summed E-state index contributed by atoms with van der Waals surface area (Å²) in [6.45, 7) is 4.86. The molecule has 0 unspecified atom stereocenters. The third-order valence-electron chi connectivity index (χ3n) is 11.4. The fourth-order valence-corrected chi connectivity index (χ4v) is 8.64. The quantitative estimate of drug-likeness (QED) is 0.0723. The van der Waals surface area contributed by atoms with Gasteiger partial charge in [0.25, 0.3) is 0 Å². The van der Waals surface area contributed by atoms with E-state index in [-0.39, 0.29) is 54.4 Å². The highest BCUT2D eigenvalue weighted by molar-refractivity contribution is 5.75. The number of nitrogens with two attached hydrogens (primary N) is 1. The second-order valence-electron chi connectivity index (χ2n) is 15.3. The molecule has 2 aromatic rings. The number of aliphatic hydroxyl groups is 2. The van der Waals surface area contributed by atoms with Crippen LogP contribution in [0.3, 0.4) is 0 Å². The van der Waals surface area contributed by atoms with Crippen LogP contribution in [0, 0.1) is 17.3 Å². The van der Waals surface area contributed by atoms with E-state index in [1.807, 2.05) is 18.2 Å². The molecule has 1 spiro atoms. The predicted molar refractivity (Wildman–Crippen MR) is 205 cm³/mol. The molecule has 0 saturated carbocycles. The topological polar surface area (TPSA) is 217 Å². The van der Waals surface area contributed by atoms with E-state index in [1.54, 1.807) is 37.3 Å². The van der Waals surface area contributed by atoms with Crippen molar-refractivity contribution in [1.29, 1.82) is 0 Å². The normalized spacial score (nSPS) is 29.6. The Morgan fingerprint density at radius 2 is 1.93 bits per heavy atom. The van der Waals surface area contributed by atoms with Crippen LogP contribution in [0.1, 0.15) is 63.2 Å². The number of benzene rings is 2. The molecule has 2 aromatic carbocycles. The molecule has 3 heterocycles. The number of dihydropyridines is 1. The summed E-state index contributed by atoms with van der Waals surface area (Å²) in [6, 6.07) is 8.28. The third kappa shape index (κ3) is 9.16. The van der Waals surface area contributed by atoms with Gasteiger partial charge in [0.1, 0.15) is 13.3 Å². The molecule has 1 aliphatic carbocycles. The van der Waals surface area contributed by atoms with Gasteiger partial charge in [-0.3, -0.25) is 10.1 Å². The third-order valence-corrected chi connectivity index (χ3v) is 11.4. The summed E-state index contributed by atoms with van der Waals surface area (Å²) in [4.78, 5) is 12.8. The summed E-state index contributed by atoms with van der Waals surface area (Å²) in [5.74, 6) is -0.832. The number of phenols is 2. The van der Waals surface area contributed by atoms with Gasteiger partial charge in [-0.15, -0.1) is 0 Å². The Balaban J connectivity index is 1.18. The maximum Gasteiger partial charge on any atom is 0.311 e. The molecule has 4 aliphatic rings. The molecule has 14 nitrogen and oxygen atoms in total. The average Bonchev–Trinajstić information content (AvgIpc) is 3.54. The molecule has 2 fully saturated rings. The number of rotatable bonds is 15. The maximum absolute atomic E-state index is 12.8. The van der Waals surface area contributed by atoms with Crippen molar-refractivity contribution in [2.45, 2.75) is 88.9 Å². The minimum atomic E-state index is -0.902. The molecule has 300 valence electrons. The van der Waals surface area contributed by atoms with E-state index in [0.717, 1.165) is 17.6 Å². The highest BCUT2D eigenvalue weighted by Gasteiger charge is 2.57. The lowest BCUT2D eigenvalue weighted by Crippen LogP contribution is -2.61. The van der Waals surface area contributed by atoms with Crippen molar-refractivity contribution < 1.29 is 49.3 Å². The van der Waals surface area contributed by atoms with Crippen molar-refractivity contribution in [3.8, 4) is 28.7 Å². The van der Waals surface area contributed by atoms with Crippen LogP contribution in [-0.4, -0.2) is 95.4 Å². The number of nitrogens with one attached hydrogen (secondary N) is 3. The number of aryl methyl sites for hydroxylation is 1. The first kappa shape index (κ1) is 40.2. The number of phenolic OH excluding ortho intramolecular Hbond substituents is 2. The number of aromatic hydroxyl groups is 2. The number of hydrogen-bond donors (Lipinski definition) is 9. The molecule has 9 atom stereocenters. The summed E-state index contributed by atoms with van der Waals surface area (Å²) >= 11 is 0. The Labute approximate surface area is 322 Å². The van der Waals surface area contributed by atoms with E-state index in [0.29, 0.717) is 62.3 Å². The molecule has 0 bridgehead atoms. The Morgan fingerprint density at radius 1 is 1.13 bits per heavy atom. The summed E-state index contributed by atoms with van der Waals surface area (Å²) < 4.78 is 24.2. The molecular formula is C41H56N4O10. The summed E-state index contributed by atoms with van der Waals surface area (Å²) in [5.41, 5.74) is 7.96. The zero-order valence-corrected chi connectivity index (χ0v) is 31.7. The minimum absolute atomic E-state index is 0.0122. The number of carboxylic acid groups (broad SMARTS) is 1. The van der Waals surface area contributed by atoms with E-state index >= 15 is 0 Å². The second kappa shape index (κ2) is 17.5. The molecule has 0 amide bonds. The molecule has 0 radical (unpaired) electrons. The second-order valence-corrected chi connectivity index (χ2v) is 15.3. The van der Waals surface area contributed by atoms with Crippen LogP contribution in [-0.2, 0) is 16.0 Å². The lowest BCUT2D eigenvalue weighted by atomic mass is 9.59. The van der Waals surface area contributed by atoms with Gasteiger partial charge in [-0.25, -0.2) is 0 Å². The number of hydrogen-bond acceptors (Lipinski definition) is 13. The van der Waals surface area contributed by atoms with Crippen LogP contribution in [0.25, 0.3) is 0 Å². The number of methoxy groups -OCH3 is 1. The predicted octanol–water partition coefficient (Wildman–Crippen LogP) is 3.35. The van der Waals surface area contributed by atoms with Gasteiger partial charge < -0.3 is 60.8 Å². The maximum atomic E-state index is 12.8. The van der Waals surface area contributed by atoms with Gasteiger partial charge in [-0.2, -0.15) is 0 Å². The number of piperidine rings is 1. The van der Waals surface area contributed by atoms with Crippen molar-refractivity contribution in [3.63, 3.8) is 0 Å². The lowest BCUT2D eigenvalue weighted by Gasteiger charge is -2.50. The van der Waals surface area contributed by atoms with Crippen molar-refractivity contribution in [3.05, 3.63) is 77.2 Å². The standard InChI is InChI=1S/C41H56N4O10/c1-23-10-12-41(30(7-8-31(41)40(50)51)26-11-13-44-38(42)17-26)37(45-23)21-53-36-16-27(15-35(52-3)39(36)49)33-19-28(47)18-29(55-33)6-4-25-5-9-32(48)34(14-25)54-22-43-20-24(2)46/h5,7-9,11,14-17,23-24,28-31,33,37,43-49H,4,6,10,12-13,18-22,42H2,1-3H3,(H,50,51)/t23-,24+,28+,29+,30-,31-,33+,37-,41+/m1/s1. The van der Waals surface area contributed by atoms with Gasteiger partial charge in [0.15, 0.2) is 23.0 Å². The van der Waals surface area contributed by atoms with Gasteiger partial charge >= 0.3 is 5.97 Å². The Kier molecular flexibility index (Phi) is 12.8. The van der Waals surface area contributed by atoms with Gasteiger partial charge in [-0.1, -0.05) is 24.3 Å². The number of aliphatic carboxylic acids is 1. The smallest absolute Gasteiger partial charge is 0.311 e. The average molecular weight is 765 g/mol. The Morgan fingerprint density at radius 3 is 2.67 bits per heavy atom. The highest BCUT2D eigenvalue weighted by Crippen LogP contribution is 2.55. The van der Waals surface area contributed by atoms with E-state index in [2.05, 4.69) is 29.0 Å². The van der Waals surface area contributed by atoms with Crippen molar-refractivity contribution in [2.24, 2.45) is 23.0 Å². The van der Waals surface area contributed by atoms with Gasteiger partial charge in [0, 0.05) is 42.9 Å². The molecular weight excluding hydrogens is 708 g/mol. The van der Waals surface area contributed by atoms with Crippen molar-refractivity contribution in [1.82, 2.24) is 16.0 Å². The molecule has 55 heavy (non-hydrogen) atoms. The van der Waals surface area contributed by atoms with Crippen LogP contribution in [0.5, 0.6) is 28.7 Å². The van der Waals surface area contributed by atoms with Crippen LogP contribution >= 0.6 is 0 Å². The first-order chi connectivity index (χ1) is 26.4. The van der Waals surface area contributed by atoms with E-state index < -0.39 is 41.7 Å². The number of carbonyl (C=O) groups is 1. The molecule has 10 N–H and O–H groups in total. The van der Waals surface area contributed by atoms with Gasteiger partial charge in [-0.05, 0) is 93.0 Å². The van der Waals surface area contributed by atoms with E-state index in [4.69, 9.17) is 24.7 Å². The summed E-state index contributed by atoms with van der Waals surface area (Å²) in [5, 5.41) is 62.2. The molecule has 2 saturated heterocycles. The van der Waals surface area contributed by atoms with E-state index in [1.165, 1.54) is 7.11 Å². The van der Waals surface area contributed by atoms with Gasteiger partial charge in [0.05, 0.1) is 43.3 Å². The fraction of sp³-hybridized carbons (Fsp3) is 0.537. The first-order valence-corrected chi connectivity index (χ1v) is 19.2. The van der Waals surface area contributed by atoms with Gasteiger partial charge in [0.2, 0.25) is 5.75 Å². The fourth-order valence-electron chi connectivity index (χ4n) is 8.64. The summed E-state index contributed by atoms with van der Waals surface area (Å²) in [6.07, 6.45) is 9.15. The minimum Gasteiger partial charge on any atom is -0.504 e. The lowest BCUT2D eigenvalue weighted by molar-refractivity contribution is -0.147. The van der Waals surface area contributed by atoms with Crippen LogP contribution in [0.2, 0.25) is 0 Å². The largest absolute Gasteiger partial charge is 0.504 e. The molecule has 14 heteroatoms. The number of aliphatic hydroxyl groups excluding tert-OH is 2. The zero-order valence-electron chi connectivity index (χ0n) is 31.7. The van der Waals surface area contributed by atoms with Crippen LogP contribution in [0.15, 0.2) is 66.0 Å². The number of ether oxygens (including phenoxy) is 4.